The summed E-state index contributed by atoms with van der Waals surface area (Å²) >= 11 is 0. The summed E-state index contributed by atoms with van der Waals surface area (Å²) in [6.45, 7) is 11.7. The van der Waals surface area contributed by atoms with E-state index in [-0.39, 0.29) is 47.7 Å². The maximum Gasteiger partial charge on any atom is 0.471 e. The molecule has 278 valence electrons. The van der Waals surface area contributed by atoms with Crippen LogP contribution in [0.3, 0.4) is 0 Å². The van der Waals surface area contributed by atoms with Gasteiger partial charge < -0.3 is 24.6 Å². The van der Waals surface area contributed by atoms with Gasteiger partial charge in [-0.3, -0.25) is 19.2 Å². The van der Waals surface area contributed by atoms with E-state index in [1.165, 1.54) is 21.1 Å². The molecule has 1 heterocycles. The second-order valence-electron chi connectivity index (χ2n) is 13.1. The Bertz CT molecular complexity index is 1410. The lowest BCUT2D eigenvalue weighted by Gasteiger charge is -2.40. The summed E-state index contributed by atoms with van der Waals surface area (Å²) in [4.78, 5) is 54.5. The number of likely N-dealkylation sites (N-methyl/N-ethyl adjacent to an activating group) is 1. The van der Waals surface area contributed by atoms with E-state index in [9.17, 15) is 40.8 Å². The number of likely N-dealkylation sites (tertiary alicyclic amines) is 1. The van der Waals surface area contributed by atoms with Gasteiger partial charge in [-0.05, 0) is 48.9 Å². The Hall–Kier alpha value is -3.24. The van der Waals surface area contributed by atoms with E-state index >= 15 is 0 Å². The molecule has 16 heteroatoms. The van der Waals surface area contributed by atoms with Crippen LogP contribution in [0, 0.1) is 23.7 Å². The minimum absolute atomic E-state index is 0.0210. The number of carbonyl (C=O) groups is 4. The molecule has 4 amide bonds. The first-order valence-electron chi connectivity index (χ1n) is 16.4. The van der Waals surface area contributed by atoms with Crippen LogP contribution in [0.2, 0.25) is 0 Å². The molecule has 1 aliphatic rings. The van der Waals surface area contributed by atoms with Crippen molar-refractivity contribution < 1.29 is 50.2 Å². The van der Waals surface area contributed by atoms with Crippen molar-refractivity contribution >= 4 is 39.3 Å². The lowest BCUT2D eigenvalue weighted by Crippen LogP contribution is -2.54. The van der Waals surface area contributed by atoms with Crippen LogP contribution in [0.25, 0.3) is 0 Å². The molecule has 1 saturated heterocycles. The highest BCUT2D eigenvalue weighted by Crippen LogP contribution is 2.30. The smallest absolute Gasteiger partial charge is 0.379 e. The van der Waals surface area contributed by atoms with E-state index in [2.05, 4.69) is 0 Å². The van der Waals surface area contributed by atoms with Crippen molar-refractivity contribution in [2.45, 2.75) is 103 Å². The standard InChI is InChI=1S/C33H51F3N4O8S/c1-10-20(4)28(39(7)31(43)21(5)19(2)3)26(47-8)18-27(41)40-17-11-12-25(40)29(48-9)22(6)30(42)38-49(45,46)24-15-13-23(14-16-24)37-32(44)33(34,35)36/h13-16,19-22,25-26,28-29H,10-12,17-18H2,1-9H3,(H,37,44)(H,38,42)/t20-,21-,22+,25-,26+,28-,29+/m0/s1. The van der Waals surface area contributed by atoms with Crippen molar-refractivity contribution in [2.24, 2.45) is 23.7 Å². The summed E-state index contributed by atoms with van der Waals surface area (Å²) in [5.74, 6) is -4.54. The summed E-state index contributed by atoms with van der Waals surface area (Å²) in [5.41, 5.74) is -0.291. The molecule has 0 unspecified atom stereocenters. The van der Waals surface area contributed by atoms with Crippen molar-refractivity contribution in [3.05, 3.63) is 24.3 Å². The largest absolute Gasteiger partial charge is 0.471 e. The minimum atomic E-state index is -5.13. The molecule has 1 aromatic rings. The third-order valence-corrected chi connectivity index (χ3v) is 10.9. The quantitative estimate of drug-likeness (QED) is 0.258. The van der Waals surface area contributed by atoms with E-state index in [4.69, 9.17) is 9.47 Å². The highest BCUT2D eigenvalue weighted by molar-refractivity contribution is 7.90. The second kappa shape index (κ2) is 17.6. The molecule has 1 aromatic carbocycles. The van der Waals surface area contributed by atoms with Crippen LogP contribution in [-0.4, -0.2) is 100 Å². The predicted octanol–water partition coefficient (Wildman–Crippen LogP) is 4.20. The van der Waals surface area contributed by atoms with Gasteiger partial charge in [-0.15, -0.1) is 0 Å². The Morgan fingerprint density at radius 3 is 2.08 bits per heavy atom. The second-order valence-corrected chi connectivity index (χ2v) is 14.8. The normalized spacial score (nSPS) is 19.0. The summed E-state index contributed by atoms with van der Waals surface area (Å²) < 4.78 is 77.1. The third kappa shape index (κ3) is 10.6. The Balaban J connectivity index is 2.21. The monoisotopic (exact) mass is 720 g/mol. The molecule has 0 aliphatic carbocycles. The third-order valence-electron chi connectivity index (χ3n) is 9.56. The van der Waals surface area contributed by atoms with Gasteiger partial charge in [0.15, 0.2) is 0 Å². The number of methoxy groups -OCH3 is 2. The number of rotatable bonds is 16. The number of halogens is 3. The fourth-order valence-electron chi connectivity index (χ4n) is 6.12. The highest BCUT2D eigenvalue weighted by atomic mass is 32.2. The van der Waals surface area contributed by atoms with Gasteiger partial charge in [0.1, 0.15) is 0 Å². The number of anilines is 1. The average molecular weight is 721 g/mol. The van der Waals surface area contributed by atoms with Crippen LogP contribution in [0.1, 0.15) is 67.2 Å². The molecule has 2 rings (SSSR count). The van der Waals surface area contributed by atoms with Crippen molar-refractivity contribution in [3.63, 3.8) is 0 Å². The lowest BCUT2D eigenvalue weighted by molar-refractivity contribution is -0.167. The molecule has 1 aliphatic heterocycles. The highest BCUT2D eigenvalue weighted by Gasteiger charge is 2.43. The Morgan fingerprint density at radius 1 is 1.00 bits per heavy atom. The molecule has 7 atom stereocenters. The van der Waals surface area contributed by atoms with Crippen molar-refractivity contribution in [1.82, 2.24) is 14.5 Å². The molecule has 49 heavy (non-hydrogen) atoms. The molecule has 2 N–H and O–H groups in total. The maximum absolute atomic E-state index is 13.9. The Labute approximate surface area is 287 Å². The number of sulfonamides is 1. The summed E-state index contributed by atoms with van der Waals surface area (Å²) in [6.07, 6.45) is -4.79. The molecular formula is C33H51F3N4O8S. The van der Waals surface area contributed by atoms with Gasteiger partial charge >= 0.3 is 12.1 Å². The van der Waals surface area contributed by atoms with Crippen molar-refractivity contribution in [3.8, 4) is 0 Å². The number of nitrogens with one attached hydrogen (secondary N) is 2. The van der Waals surface area contributed by atoms with Gasteiger partial charge in [0.05, 0.1) is 41.5 Å². The van der Waals surface area contributed by atoms with E-state index in [1.807, 2.05) is 39.3 Å². The van der Waals surface area contributed by atoms with Crippen molar-refractivity contribution in [1.29, 1.82) is 0 Å². The molecule has 1 fully saturated rings. The lowest BCUT2D eigenvalue weighted by atomic mass is 9.88. The van der Waals surface area contributed by atoms with Gasteiger partial charge in [-0.25, -0.2) is 13.1 Å². The molecule has 12 nitrogen and oxygen atoms in total. The van der Waals surface area contributed by atoms with E-state index in [0.29, 0.717) is 19.4 Å². The van der Waals surface area contributed by atoms with Crippen LogP contribution >= 0.6 is 0 Å². The van der Waals surface area contributed by atoms with Crippen molar-refractivity contribution in [2.75, 3.05) is 33.1 Å². The van der Waals surface area contributed by atoms with Crippen LogP contribution in [-0.2, 0) is 38.7 Å². The average Bonchev–Trinajstić information content (AvgIpc) is 3.52. The fraction of sp³-hybridized carbons (Fsp3) is 0.697. The number of nitrogens with zero attached hydrogens (tertiary/aromatic N) is 2. The molecule has 0 bridgehead atoms. The zero-order valence-electron chi connectivity index (χ0n) is 29.7. The van der Waals surface area contributed by atoms with Crippen LogP contribution in [0.4, 0.5) is 18.9 Å². The zero-order valence-corrected chi connectivity index (χ0v) is 30.5. The fourth-order valence-corrected chi connectivity index (χ4v) is 7.18. The van der Waals surface area contributed by atoms with Gasteiger partial charge in [0.25, 0.3) is 10.0 Å². The van der Waals surface area contributed by atoms with E-state index in [1.54, 1.807) is 22.2 Å². The predicted molar refractivity (Wildman–Crippen MR) is 177 cm³/mol. The Morgan fingerprint density at radius 2 is 1.59 bits per heavy atom. The number of hydrogen-bond acceptors (Lipinski definition) is 8. The molecular weight excluding hydrogens is 669 g/mol. The minimum Gasteiger partial charge on any atom is -0.379 e. The SMILES string of the molecule is CC[C@H](C)[C@@H]([C@@H](CC(=O)N1CCC[C@H]1[C@H](OC)[C@@H](C)C(=O)NS(=O)(=O)c1ccc(NC(=O)C(F)(F)F)cc1)OC)N(C)C(=O)[C@@H](C)C(C)C. The molecule has 0 saturated carbocycles. The molecule has 0 aromatic heterocycles. The first kappa shape index (κ1) is 41.9. The summed E-state index contributed by atoms with van der Waals surface area (Å²) in [7, 11) is 0.156. The maximum atomic E-state index is 13.9. The first-order valence-corrected chi connectivity index (χ1v) is 17.9. The van der Waals surface area contributed by atoms with Crippen LogP contribution in [0.15, 0.2) is 29.2 Å². The molecule has 0 radical (unpaired) electrons. The van der Waals surface area contributed by atoms with Gasteiger partial charge in [0.2, 0.25) is 17.7 Å². The van der Waals surface area contributed by atoms with Crippen LogP contribution < -0.4 is 10.0 Å². The van der Waals surface area contributed by atoms with Gasteiger partial charge in [0, 0.05) is 39.4 Å². The summed E-state index contributed by atoms with van der Waals surface area (Å²) in [6, 6.07) is 2.89. The number of benzene rings is 1. The van der Waals surface area contributed by atoms with Gasteiger partial charge in [-0.1, -0.05) is 48.0 Å². The van der Waals surface area contributed by atoms with Crippen LogP contribution in [0.5, 0.6) is 0 Å². The topological polar surface area (TPSA) is 151 Å². The number of alkyl halides is 3. The summed E-state index contributed by atoms with van der Waals surface area (Å²) in [5, 5.41) is 1.61. The Kier molecular flexibility index (Phi) is 15.1. The zero-order chi connectivity index (χ0) is 37.4. The number of hydrogen-bond donors (Lipinski definition) is 2. The number of carbonyl (C=O) groups excluding carboxylic acids is 4. The van der Waals surface area contributed by atoms with Gasteiger partial charge in [-0.2, -0.15) is 13.2 Å². The molecule has 0 spiro atoms. The first-order chi connectivity index (χ1) is 22.7. The van der Waals surface area contributed by atoms with E-state index < -0.39 is 57.1 Å². The number of amides is 4. The van der Waals surface area contributed by atoms with E-state index in [0.717, 1.165) is 30.7 Å². The number of ether oxygens (including phenoxy) is 2.